The summed E-state index contributed by atoms with van der Waals surface area (Å²) in [7, 11) is 0. The number of nitrogens with zero attached hydrogens (tertiary/aromatic N) is 1. The van der Waals surface area contributed by atoms with E-state index in [0.717, 1.165) is 34.6 Å². The molecule has 5 heteroatoms. The lowest BCUT2D eigenvalue weighted by molar-refractivity contribution is -0.124. The number of hydrogen-bond donors (Lipinski definition) is 2. The second kappa shape index (κ2) is 8.04. The smallest absolute Gasteiger partial charge is 0.258 e. The topological polar surface area (TPSA) is 67.0 Å². The maximum atomic E-state index is 12.5. The first-order valence-electron chi connectivity index (χ1n) is 9.01. The van der Waals surface area contributed by atoms with Crippen LogP contribution in [0, 0.1) is 12.8 Å². The maximum absolute atomic E-state index is 12.5. The number of aryl methyl sites for hydroxylation is 1. The Labute approximate surface area is 153 Å². The van der Waals surface area contributed by atoms with E-state index in [-0.39, 0.29) is 24.5 Å². The Kier molecular flexibility index (Phi) is 5.56. The van der Waals surface area contributed by atoms with Gasteiger partial charge in [0.2, 0.25) is 0 Å². The molecule has 0 aliphatic rings. The van der Waals surface area contributed by atoms with Gasteiger partial charge < -0.3 is 15.0 Å². The molecular weight excluding hydrogens is 326 g/mol. The summed E-state index contributed by atoms with van der Waals surface area (Å²) < 4.78 is 5.66. The first kappa shape index (κ1) is 18.0. The van der Waals surface area contributed by atoms with E-state index in [1.54, 1.807) is 0 Å². The van der Waals surface area contributed by atoms with Gasteiger partial charge in [0.15, 0.2) is 6.61 Å². The number of ether oxygens (including phenoxy) is 1. The van der Waals surface area contributed by atoms with Gasteiger partial charge in [-0.1, -0.05) is 50.6 Å². The van der Waals surface area contributed by atoms with Gasteiger partial charge in [-0.05, 0) is 36.6 Å². The molecule has 136 valence electrons. The van der Waals surface area contributed by atoms with Gasteiger partial charge in [-0.25, -0.2) is 4.98 Å². The fourth-order valence-electron chi connectivity index (χ4n) is 2.91. The predicted octanol–water partition coefficient (Wildman–Crippen LogP) is 4.15. The van der Waals surface area contributed by atoms with Crippen LogP contribution < -0.4 is 10.1 Å². The van der Waals surface area contributed by atoms with Gasteiger partial charge in [0.25, 0.3) is 5.91 Å². The van der Waals surface area contributed by atoms with Crippen molar-refractivity contribution in [2.75, 3.05) is 6.61 Å². The molecule has 0 radical (unpaired) electrons. The molecule has 3 rings (SSSR count). The van der Waals surface area contributed by atoms with Crippen molar-refractivity contribution in [3.8, 4) is 5.75 Å². The van der Waals surface area contributed by atoms with Crippen molar-refractivity contribution in [3.63, 3.8) is 0 Å². The average molecular weight is 351 g/mol. The number of nitrogens with one attached hydrogen (secondary N) is 2. The number of carbonyl (C=O) groups is 1. The Bertz CT molecular complexity index is 855. The third kappa shape index (κ3) is 4.04. The number of aromatic nitrogens is 2. The molecule has 0 saturated carbocycles. The Balaban J connectivity index is 1.72. The molecule has 2 aromatic carbocycles. The minimum atomic E-state index is -0.180. The zero-order valence-electron chi connectivity index (χ0n) is 15.5. The Morgan fingerprint density at radius 3 is 2.65 bits per heavy atom. The molecule has 0 fully saturated rings. The number of hydrogen-bond acceptors (Lipinski definition) is 3. The number of H-pyrrole nitrogens is 1. The van der Waals surface area contributed by atoms with Crippen molar-refractivity contribution < 1.29 is 9.53 Å². The molecule has 1 aromatic heterocycles. The van der Waals surface area contributed by atoms with E-state index >= 15 is 0 Å². The van der Waals surface area contributed by atoms with Crippen molar-refractivity contribution >= 4 is 16.9 Å². The Morgan fingerprint density at radius 1 is 1.19 bits per heavy atom. The van der Waals surface area contributed by atoms with Crippen LogP contribution in [0.2, 0.25) is 0 Å². The number of amides is 1. The normalized spacial score (nSPS) is 13.3. The Hall–Kier alpha value is -2.82. The van der Waals surface area contributed by atoms with Crippen LogP contribution in [-0.4, -0.2) is 22.5 Å². The highest BCUT2D eigenvalue weighted by molar-refractivity contribution is 5.78. The van der Waals surface area contributed by atoms with Gasteiger partial charge in [0.05, 0.1) is 17.1 Å². The van der Waals surface area contributed by atoms with Gasteiger partial charge >= 0.3 is 0 Å². The summed E-state index contributed by atoms with van der Waals surface area (Å²) in [6.07, 6.45) is 0.931. The number of carbonyl (C=O) groups excluding carboxylic acids is 1. The summed E-state index contributed by atoms with van der Waals surface area (Å²) in [4.78, 5) is 20.5. The minimum Gasteiger partial charge on any atom is -0.484 e. The molecule has 2 N–H and O–H groups in total. The molecule has 1 amide bonds. The molecule has 0 spiro atoms. The largest absolute Gasteiger partial charge is 0.484 e. The summed E-state index contributed by atoms with van der Waals surface area (Å²) in [6, 6.07) is 15.4. The van der Waals surface area contributed by atoms with Crippen molar-refractivity contribution in [3.05, 3.63) is 59.9 Å². The monoisotopic (exact) mass is 351 g/mol. The van der Waals surface area contributed by atoms with Crippen LogP contribution in [0.3, 0.4) is 0 Å². The summed E-state index contributed by atoms with van der Waals surface area (Å²) in [6.45, 7) is 6.16. The molecule has 0 aliphatic heterocycles. The molecule has 2 unspecified atom stereocenters. The lowest BCUT2D eigenvalue weighted by Gasteiger charge is -2.22. The molecule has 2 atom stereocenters. The minimum absolute atomic E-state index is 0.0159. The van der Waals surface area contributed by atoms with Gasteiger partial charge in [-0.2, -0.15) is 0 Å². The van der Waals surface area contributed by atoms with Crippen LogP contribution in [-0.2, 0) is 4.79 Å². The number of para-hydroxylation sites is 3. The first-order chi connectivity index (χ1) is 12.6. The van der Waals surface area contributed by atoms with Crippen LogP contribution in [0.5, 0.6) is 5.75 Å². The average Bonchev–Trinajstić information content (AvgIpc) is 3.08. The van der Waals surface area contributed by atoms with Gasteiger partial charge in [0, 0.05) is 0 Å². The standard InChI is InChI=1S/C21H25N3O2/c1-4-14(2)20(21-22-16-10-6-7-11-17(16)23-21)24-19(25)13-26-18-12-8-5-9-15(18)3/h5-12,14,20H,4,13H2,1-3H3,(H,22,23)(H,24,25). The second-order valence-corrected chi connectivity index (χ2v) is 6.62. The summed E-state index contributed by atoms with van der Waals surface area (Å²) in [5.41, 5.74) is 2.89. The summed E-state index contributed by atoms with van der Waals surface area (Å²) in [5.74, 6) is 1.60. The second-order valence-electron chi connectivity index (χ2n) is 6.62. The highest BCUT2D eigenvalue weighted by atomic mass is 16.5. The van der Waals surface area contributed by atoms with Crippen molar-refractivity contribution in [2.45, 2.75) is 33.2 Å². The lowest BCUT2D eigenvalue weighted by atomic mass is 9.98. The highest BCUT2D eigenvalue weighted by Gasteiger charge is 2.23. The molecule has 5 nitrogen and oxygen atoms in total. The number of imidazole rings is 1. The summed E-state index contributed by atoms with van der Waals surface area (Å²) in [5, 5.41) is 3.08. The zero-order chi connectivity index (χ0) is 18.5. The van der Waals surface area contributed by atoms with Crippen LogP contribution >= 0.6 is 0 Å². The first-order valence-corrected chi connectivity index (χ1v) is 9.01. The van der Waals surface area contributed by atoms with E-state index in [1.165, 1.54) is 0 Å². The SMILES string of the molecule is CCC(C)C(NC(=O)COc1ccccc1C)c1nc2ccccc2[nH]1. The van der Waals surface area contributed by atoms with E-state index in [2.05, 4.69) is 29.1 Å². The third-order valence-corrected chi connectivity index (χ3v) is 4.68. The maximum Gasteiger partial charge on any atom is 0.258 e. The third-order valence-electron chi connectivity index (χ3n) is 4.68. The zero-order valence-corrected chi connectivity index (χ0v) is 15.5. The fraction of sp³-hybridized carbons (Fsp3) is 0.333. The number of rotatable bonds is 7. The Morgan fingerprint density at radius 2 is 1.92 bits per heavy atom. The van der Waals surface area contributed by atoms with Crippen molar-refractivity contribution in [2.24, 2.45) is 5.92 Å². The molecule has 26 heavy (non-hydrogen) atoms. The predicted molar refractivity (Wildman–Crippen MR) is 103 cm³/mol. The van der Waals surface area contributed by atoms with Gasteiger partial charge in [0.1, 0.15) is 11.6 Å². The molecular formula is C21H25N3O2. The fourth-order valence-corrected chi connectivity index (χ4v) is 2.91. The molecule has 0 saturated heterocycles. The molecule has 1 heterocycles. The van der Waals surface area contributed by atoms with Crippen LogP contribution in [0.25, 0.3) is 11.0 Å². The number of benzene rings is 2. The van der Waals surface area contributed by atoms with Gasteiger partial charge in [-0.3, -0.25) is 4.79 Å². The van der Waals surface area contributed by atoms with Crippen LogP contribution in [0.1, 0.15) is 37.7 Å². The molecule has 0 aliphatic carbocycles. The molecule has 0 bridgehead atoms. The van der Waals surface area contributed by atoms with Crippen LogP contribution in [0.15, 0.2) is 48.5 Å². The van der Waals surface area contributed by atoms with E-state index in [1.807, 2.05) is 55.5 Å². The van der Waals surface area contributed by atoms with Gasteiger partial charge in [-0.15, -0.1) is 0 Å². The van der Waals surface area contributed by atoms with E-state index < -0.39 is 0 Å². The van der Waals surface area contributed by atoms with E-state index in [0.29, 0.717) is 0 Å². The van der Waals surface area contributed by atoms with Crippen molar-refractivity contribution in [1.82, 2.24) is 15.3 Å². The van der Waals surface area contributed by atoms with E-state index in [9.17, 15) is 4.79 Å². The lowest BCUT2D eigenvalue weighted by Crippen LogP contribution is -2.36. The summed E-state index contributed by atoms with van der Waals surface area (Å²) >= 11 is 0. The number of fused-ring (bicyclic) bond motifs is 1. The molecule has 3 aromatic rings. The van der Waals surface area contributed by atoms with Crippen molar-refractivity contribution in [1.29, 1.82) is 0 Å². The quantitative estimate of drug-likeness (QED) is 0.672. The van der Waals surface area contributed by atoms with Crippen LogP contribution in [0.4, 0.5) is 0 Å². The number of aromatic amines is 1. The van der Waals surface area contributed by atoms with E-state index in [4.69, 9.17) is 4.74 Å². The highest BCUT2D eigenvalue weighted by Crippen LogP contribution is 2.24.